The predicted molar refractivity (Wildman–Crippen MR) is 104 cm³/mol. The van der Waals surface area contributed by atoms with E-state index in [-0.39, 0.29) is 36.1 Å². The summed E-state index contributed by atoms with van der Waals surface area (Å²) < 4.78 is 84.8. The Morgan fingerprint density at radius 1 is 0.933 bits per heavy atom. The van der Waals surface area contributed by atoms with Crippen molar-refractivity contribution in [1.82, 2.24) is 5.32 Å². The van der Waals surface area contributed by atoms with Gasteiger partial charge in [0, 0.05) is 12.5 Å². The Morgan fingerprint density at radius 3 is 2.03 bits per heavy atom. The molecule has 2 aromatic rings. The molecule has 3 rings (SSSR count). The van der Waals surface area contributed by atoms with Crippen molar-refractivity contribution in [2.24, 2.45) is 0 Å². The minimum Gasteiger partial charge on any atom is -0.370 e. The van der Waals surface area contributed by atoms with Gasteiger partial charge in [-0.15, -0.1) is 12.4 Å². The second-order valence-corrected chi connectivity index (χ2v) is 7.17. The molecular weight excluding hydrogens is 432 g/mol. The molecule has 2 nitrogen and oxygen atoms in total. The molecule has 0 amide bonds. The van der Waals surface area contributed by atoms with Crippen LogP contribution in [0.3, 0.4) is 0 Å². The van der Waals surface area contributed by atoms with E-state index in [2.05, 4.69) is 5.32 Å². The lowest BCUT2D eigenvalue weighted by molar-refractivity contribution is -0.143. The predicted octanol–water partition coefficient (Wildman–Crippen LogP) is 6.37. The fourth-order valence-corrected chi connectivity index (χ4v) is 3.58. The van der Waals surface area contributed by atoms with Crippen LogP contribution in [0.5, 0.6) is 0 Å². The van der Waals surface area contributed by atoms with Crippen LogP contribution in [-0.4, -0.2) is 19.2 Å². The maximum Gasteiger partial charge on any atom is 0.416 e. The molecule has 1 aliphatic heterocycles. The molecule has 1 saturated heterocycles. The molecule has 0 saturated carbocycles. The molecular formula is C21H22ClF6NO. The van der Waals surface area contributed by atoms with Gasteiger partial charge in [0.2, 0.25) is 0 Å². The smallest absolute Gasteiger partial charge is 0.370 e. The summed E-state index contributed by atoms with van der Waals surface area (Å²) in [4.78, 5) is 0. The summed E-state index contributed by atoms with van der Waals surface area (Å²) in [7, 11) is 0. The molecule has 1 fully saturated rings. The van der Waals surface area contributed by atoms with E-state index in [1.807, 2.05) is 30.3 Å². The van der Waals surface area contributed by atoms with E-state index in [1.165, 1.54) is 6.92 Å². The highest BCUT2D eigenvalue weighted by Gasteiger charge is 2.38. The monoisotopic (exact) mass is 453 g/mol. The molecule has 3 atom stereocenters. The standard InChI is InChI=1S/C21H21F6NO.ClH/c1-13(15-9-16(20(22,23)24)11-17(10-15)21(25,26)27)29-19-7-8-28-12-18(19)14-5-3-2-4-6-14;/h2-6,9-11,13,18-19,28H,7-8,12H2,1H3;1H/t13-,18-,19-;/m1./s1. The zero-order chi connectivity index (χ0) is 21.2. The lowest BCUT2D eigenvalue weighted by Gasteiger charge is -2.34. The Kier molecular flexibility index (Phi) is 7.82. The van der Waals surface area contributed by atoms with Gasteiger partial charge in [-0.2, -0.15) is 26.3 Å². The number of nitrogens with one attached hydrogen (secondary N) is 1. The van der Waals surface area contributed by atoms with Crippen LogP contribution in [-0.2, 0) is 17.1 Å². The quantitative estimate of drug-likeness (QED) is 0.543. The first kappa shape index (κ1) is 24.5. The van der Waals surface area contributed by atoms with Crippen molar-refractivity contribution in [3.63, 3.8) is 0 Å². The average Bonchev–Trinajstić information content (AvgIpc) is 2.67. The van der Waals surface area contributed by atoms with Crippen LogP contribution >= 0.6 is 12.4 Å². The van der Waals surface area contributed by atoms with Crippen LogP contribution in [0.15, 0.2) is 48.5 Å². The largest absolute Gasteiger partial charge is 0.416 e. The number of ether oxygens (including phenoxy) is 1. The van der Waals surface area contributed by atoms with Crippen molar-refractivity contribution in [3.05, 3.63) is 70.8 Å². The fourth-order valence-electron chi connectivity index (χ4n) is 3.58. The molecule has 1 heterocycles. The summed E-state index contributed by atoms with van der Waals surface area (Å²) in [5, 5.41) is 3.26. The maximum absolute atomic E-state index is 13.1. The summed E-state index contributed by atoms with van der Waals surface area (Å²) in [6, 6.07) is 11.1. The van der Waals surface area contributed by atoms with E-state index >= 15 is 0 Å². The maximum atomic E-state index is 13.1. The number of hydrogen-bond donors (Lipinski definition) is 1. The van der Waals surface area contributed by atoms with Crippen molar-refractivity contribution in [2.45, 2.75) is 43.8 Å². The zero-order valence-electron chi connectivity index (χ0n) is 16.1. The minimum atomic E-state index is -4.88. The topological polar surface area (TPSA) is 21.3 Å². The molecule has 1 N–H and O–H groups in total. The zero-order valence-corrected chi connectivity index (χ0v) is 16.9. The first-order chi connectivity index (χ1) is 13.6. The molecule has 9 heteroatoms. The van der Waals surface area contributed by atoms with Crippen molar-refractivity contribution in [1.29, 1.82) is 0 Å². The van der Waals surface area contributed by atoms with Gasteiger partial charge in [-0.05, 0) is 49.2 Å². The van der Waals surface area contributed by atoms with Gasteiger partial charge < -0.3 is 10.1 Å². The number of benzene rings is 2. The fraction of sp³-hybridized carbons (Fsp3) is 0.429. The molecule has 0 radical (unpaired) electrons. The molecule has 166 valence electrons. The highest BCUT2D eigenvalue weighted by molar-refractivity contribution is 5.85. The molecule has 0 aromatic heterocycles. The van der Waals surface area contributed by atoms with Crippen LogP contribution in [0.2, 0.25) is 0 Å². The molecule has 0 unspecified atom stereocenters. The SMILES string of the molecule is C[C@@H](O[C@@H]1CCNC[C@@H]1c1ccccc1)c1cc(C(F)(F)F)cc(C(F)(F)F)c1.Cl. The summed E-state index contributed by atoms with van der Waals surface area (Å²) in [6.07, 6.45) is -10.4. The van der Waals surface area contributed by atoms with Crippen molar-refractivity contribution < 1.29 is 31.1 Å². The second kappa shape index (κ2) is 9.58. The number of rotatable bonds is 4. The highest BCUT2D eigenvalue weighted by atomic mass is 35.5. The third-order valence-corrected chi connectivity index (χ3v) is 5.10. The van der Waals surface area contributed by atoms with Gasteiger partial charge in [0.05, 0.1) is 23.3 Å². The summed E-state index contributed by atoms with van der Waals surface area (Å²) in [5.41, 5.74) is -1.79. The molecule has 30 heavy (non-hydrogen) atoms. The van der Waals surface area contributed by atoms with Crippen LogP contribution < -0.4 is 5.32 Å². The van der Waals surface area contributed by atoms with E-state index in [0.717, 1.165) is 17.7 Å². The number of hydrogen-bond acceptors (Lipinski definition) is 2. The Labute approximate surface area is 177 Å². The molecule has 0 spiro atoms. The van der Waals surface area contributed by atoms with E-state index in [4.69, 9.17) is 4.74 Å². The molecule has 1 aliphatic rings. The Bertz CT molecular complexity index is 792. The van der Waals surface area contributed by atoms with Crippen molar-refractivity contribution in [2.75, 3.05) is 13.1 Å². The summed E-state index contributed by atoms with van der Waals surface area (Å²) in [6.45, 7) is 2.77. The lowest BCUT2D eigenvalue weighted by Crippen LogP contribution is -2.40. The van der Waals surface area contributed by atoms with E-state index in [9.17, 15) is 26.3 Å². The van der Waals surface area contributed by atoms with Crippen LogP contribution in [0.1, 0.15) is 47.6 Å². The van der Waals surface area contributed by atoms with Gasteiger partial charge in [0.1, 0.15) is 0 Å². The highest BCUT2D eigenvalue weighted by Crippen LogP contribution is 2.39. The van der Waals surface area contributed by atoms with Crippen molar-refractivity contribution in [3.8, 4) is 0 Å². The van der Waals surface area contributed by atoms with Gasteiger partial charge in [-0.3, -0.25) is 0 Å². The molecule has 0 bridgehead atoms. The first-order valence-corrected chi connectivity index (χ1v) is 9.26. The van der Waals surface area contributed by atoms with Gasteiger partial charge in [0.15, 0.2) is 0 Å². The van der Waals surface area contributed by atoms with Gasteiger partial charge in [0.25, 0.3) is 0 Å². The second-order valence-electron chi connectivity index (χ2n) is 7.17. The van der Waals surface area contributed by atoms with E-state index in [1.54, 1.807) is 0 Å². The van der Waals surface area contributed by atoms with Gasteiger partial charge in [-0.25, -0.2) is 0 Å². The Hall–Kier alpha value is -1.77. The minimum absolute atomic E-state index is 0. The Balaban J connectivity index is 0.00000320. The average molecular weight is 454 g/mol. The molecule has 2 aromatic carbocycles. The number of halogens is 7. The van der Waals surface area contributed by atoms with Crippen molar-refractivity contribution >= 4 is 12.4 Å². The van der Waals surface area contributed by atoms with E-state index < -0.39 is 29.6 Å². The summed E-state index contributed by atoms with van der Waals surface area (Å²) in [5.74, 6) is -0.0414. The first-order valence-electron chi connectivity index (χ1n) is 9.26. The van der Waals surface area contributed by atoms with E-state index in [0.29, 0.717) is 19.5 Å². The lowest BCUT2D eigenvalue weighted by atomic mass is 9.88. The third kappa shape index (κ3) is 5.89. The van der Waals surface area contributed by atoms with Gasteiger partial charge >= 0.3 is 12.4 Å². The normalized spacial score (nSPS) is 21.0. The van der Waals surface area contributed by atoms with Gasteiger partial charge in [-0.1, -0.05) is 30.3 Å². The third-order valence-electron chi connectivity index (χ3n) is 5.10. The number of alkyl halides is 6. The van der Waals surface area contributed by atoms with Crippen LogP contribution in [0.4, 0.5) is 26.3 Å². The summed E-state index contributed by atoms with van der Waals surface area (Å²) >= 11 is 0. The Morgan fingerprint density at radius 2 is 1.50 bits per heavy atom. The number of piperidine rings is 1. The molecule has 0 aliphatic carbocycles. The van der Waals surface area contributed by atoms with Crippen LogP contribution in [0, 0.1) is 0 Å². The van der Waals surface area contributed by atoms with Crippen LogP contribution in [0.25, 0.3) is 0 Å².